The van der Waals surface area contributed by atoms with Gasteiger partial charge in [0.05, 0.1) is 18.2 Å². The lowest BCUT2D eigenvalue weighted by atomic mass is 9.78. The summed E-state index contributed by atoms with van der Waals surface area (Å²) in [4.78, 5) is 18.0. The lowest BCUT2D eigenvalue weighted by Crippen LogP contribution is -2.50. The average Bonchev–Trinajstić information content (AvgIpc) is 3.76. The predicted molar refractivity (Wildman–Crippen MR) is 123 cm³/mol. The van der Waals surface area contributed by atoms with E-state index in [2.05, 4.69) is 39.5 Å². The van der Waals surface area contributed by atoms with Crippen molar-refractivity contribution in [3.63, 3.8) is 0 Å². The summed E-state index contributed by atoms with van der Waals surface area (Å²) in [5.41, 5.74) is 0.800. The van der Waals surface area contributed by atoms with Crippen LogP contribution in [0.5, 0.6) is 5.88 Å². The van der Waals surface area contributed by atoms with E-state index in [1.165, 1.54) is 17.8 Å². The molecule has 2 saturated carbocycles. The van der Waals surface area contributed by atoms with Crippen molar-refractivity contribution < 1.29 is 19.0 Å². The zero-order valence-corrected chi connectivity index (χ0v) is 18.9. The van der Waals surface area contributed by atoms with Gasteiger partial charge in [-0.1, -0.05) is 30.3 Å². The van der Waals surface area contributed by atoms with E-state index >= 15 is 0 Å². The molecule has 1 aromatic heterocycles. The molecule has 176 valence electrons. The predicted octanol–water partition coefficient (Wildman–Crippen LogP) is 3.69. The zero-order chi connectivity index (χ0) is 22.9. The first-order chi connectivity index (χ1) is 16.0. The third-order valence-electron chi connectivity index (χ3n) is 7.73. The van der Waals surface area contributed by atoms with Gasteiger partial charge in [-0.2, -0.15) is 0 Å². The second kappa shape index (κ2) is 9.03. The first-order valence-corrected chi connectivity index (χ1v) is 12.0. The van der Waals surface area contributed by atoms with Gasteiger partial charge in [-0.15, -0.1) is 0 Å². The second-order valence-corrected chi connectivity index (χ2v) is 10.2. The number of hydrogen-bond acceptors (Lipinski definition) is 5. The smallest absolute Gasteiger partial charge is 0.310 e. The van der Waals surface area contributed by atoms with Crippen molar-refractivity contribution in [2.24, 2.45) is 10.8 Å². The minimum absolute atomic E-state index is 0.0592. The molecule has 2 heterocycles. The SMILES string of the molecule is O=C(O)C1(CN2CCC(CNC3CC3c3ccccc3)(COc3ccc(F)cn3)CC2)CC1. The van der Waals surface area contributed by atoms with E-state index < -0.39 is 11.4 Å². The molecule has 0 amide bonds. The molecule has 1 aliphatic heterocycles. The van der Waals surface area contributed by atoms with E-state index in [-0.39, 0.29) is 11.2 Å². The molecule has 1 saturated heterocycles. The highest BCUT2D eigenvalue weighted by Crippen LogP contribution is 2.47. The number of aliphatic carboxylic acids is 1. The highest BCUT2D eigenvalue weighted by molar-refractivity contribution is 5.78. The molecule has 33 heavy (non-hydrogen) atoms. The molecule has 3 fully saturated rings. The Hall–Kier alpha value is -2.51. The maximum Gasteiger partial charge on any atom is 0.310 e. The number of rotatable bonds is 10. The van der Waals surface area contributed by atoms with Gasteiger partial charge in [-0.05, 0) is 56.8 Å². The molecule has 3 aliphatic rings. The van der Waals surface area contributed by atoms with Gasteiger partial charge in [0.15, 0.2) is 0 Å². The van der Waals surface area contributed by atoms with Crippen LogP contribution in [0.25, 0.3) is 0 Å². The summed E-state index contributed by atoms with van der Waals surface area (Å²) < 4.78 is 19.2. The lowest BCUT2D eigenvalue weighted by molar-refractivity contribution is -0.144. The highest BCUT2D eigenvalue weighted by Gasteiger charge is 2.52. The third kappa shape index (κ3) is 5.20. The molecule has 0 spiro atoms. The van der Waals surface area contributed by atoms with Crippen LogP contribution >= 0.6 is 0 Å². The summed E-state index contributed by atoms with van der Waals surface area (Å²) in [5.74, 6) is -0.0320. The normalized spacial score (nSPS) is 25.4. The Balaban J connectivity index is 1.20. The summed E-state index contributed by atoms with van der Waals surface area (Å²) in [6.07, 6.45) is 5.76. The van der Waals surface area contributed by atoms with Crippen LogP contribution in [0.4, 0.5) is 4.39 Å². The molecule has 1 aromatic carbocycles. The second-order valence-electron chi connectivity index (χ2n) is 10.2. The quantitative estimate of drug-likeness (QED) is 0.572. The fourth-order valence-corrected chi connectivity index (χ4v) is 5.09. The molecule has 2 aliphatic carbocycles. The Bertz CT molecular complexity index is 957. The summed E-state index contributed by atoms with van der Waals surface area (Å²) in [7, 11) is 0. The Kier molecular flexibility index (Phi) is 6.10. The van der Waals surface area contributed by atoms with E-state index in [0.29, 0.717) is 31.0 Å². The molecular weight excluding hydrogens is 421 g/mol. The Labute approximate surface area is 194 Å². The van der Waals surface area contributed by atoms with Gasteiger partial charge in [-0.25, -0.2) is 9.37 Å². The number of nitrogens with zero attached hydrogens (tertiary/aromatic N) is 2. The number of carboxylic acids is 1. The number of carbonyl (C=O) groups is 1. The fourth-order valence-electron chi connectivity index (χ4n) is 5.09. The number of benzene rings is 1. The monoisotopic (exact) mass is 453 g/mol. The van der Waals surface area contributed by atoms with Crippen LogP contribution in [-0.4, -0.2) is 59.8 Å². The van der Waals surface area contributed by atoms with Crippen molar-refractivity contribution in [1.29, 1.82) is 0 Å². The Morgan fingerprint density at radius 1 is 1.15 bits per heavy atom. The minimum Gasteiger partial charge on any atom is -0.481 e. The van der Waals surface area contributed by atoms with Crippen molar-refractivity contribution in [3.05, 3.63) is 60.0 Å². The molecule has 6 nitrogen and oxygen atoms in total. The number of carboxylic acid groups (broad SMARTS) is 1. The summed E-state index contributed by atoms with van der Waals surface area (Å²) in [6, 6.07) is 14.0. The molecule has 2 N–H and O–H groups in total. The number of halogens is 1. The average molecular weight is 454 g/mol. The Morgan fingerprint density at radius 3 is 2.55 bits per heavy atom. The van der Waals surface area contributed by atoms with Gasteiger partial charge in [0.2, 0.25) is 5.88 Å². The minimum atomic E-state index is -0.660. The third-order valence-corrected chi connectivity index (χ3v) is 7.73. The van der Waals surface area contributed by atoms with E-state index in [1.807, 2.05) is 6.07 Å². The molecule has 2 aromatic rings. The van der Waals surface area contributed by atoms with E-state index in [4.69, 9.17) is 4.74 Å². The summed E-state index contributed by atoms with van der Waals surface area (Å²) in [6.45, 7) is 3.73. The van der Waals surface area contributed by atoms with Gasteiger partial charge in [-0.3, -0.25) is 4.79 Å². The number of pyridine rings is 1. The number of piperidine rings is 1. The largest absolute Gasteiger partial charge is 0.481 e. The first-order valence-electron chi connectivity index (χ1n) is 12.0. The fraction of sp³-hybridized carbons (Fsp3) is 0.538. The molecule has 7 heteroatoms. The number of hydrogen-bond donors (Lipinski definition) is 2. The summed E-state index contributed by atoms with van der Waals surface area (Å²) >= 11 is 0. The van der Waals surface area contributed by atoms with Crippen molar-refractivity contribution in [2.75, 3.05) is 32.8 Å². The molecular formula is C26H32FN3O3. The van der Waals surface area contributed by atoms with Crippen LogP contribution in [0.1, 0.15) is 43.6 Å². The zero-order valence-electron chi connectivity index (χ0n) is 18.9. The lowest BCUT2D eigenvalue weighted by Gasteiger charge is -2.42. The Morgan fingerprint density at radius 2 is 1.91 bits per heavy atom. The summed E-state index contributed by atoms with van der Waals surface area (Å²) in [5, 5.41) is 13.3. The molecule has 2 atom stereocenters. The number of likely N-dealkylation sites (tertiary alicyclic amines) is 1. The van der Waals surface area contributed by atoms with E-state index in [9.17, 15) is 14.3 Å². The van der Waals surface area contributed by atoms with Crippen LogP contribution in [0.2, 0.25) is 0 Å². The maximum absolute atomic E-state index is 13.2. The first kappa shape index (κ1) is 22.3. The van der Waals surface area contributed by atoms with Crippen molar-refractivity contribution in [2.45, 2.75) is 44.1 Å². The number of nitrogens with one attached hydrogen (secondary N) is 1. The van der Waals surface area contributed by atoms with Crippen LogP contribution in [0, 0.1) is 16.6 Å². The van der Waals surface area contributed by atoms with Gasteiger partial charge >= 0.3 is 5.97 Å². The van der Waals surface area contributed by atoms with Gasteiger partial charge in [0, 0.05) is 36.5 Å². The van der Waals surface area contributed by atoms with Crippen molar-refractivity contribution in [1.82, 2.24) is 15.2 Å². The van der Waals surface area contributed by atoms with Crippen LogP contribution in [0.3, 0.4) is 0 Å². The number of aromatic nitrogens is 1. The van der Waals surface area contributed by atoms with Crippen LogP contribution < -0.4 is 10.1 Å². The molecule has 2 unspecified atom stereocenters. The standard InChI is InChI=1S/C26H32FN3O3/c27-20-6-7-23(28-15-20)33-18-25(16-29-22-14-21(22)19-4-2-1-3-5-19)10-12-30(13-11-25)17-26(8-9-26)24(31)32/h1-7,15,21-22,29H,8-14,16-18H2,(H,31,32). The highest BCUT2D eigenvalue weighted by atomic mass is 19.1. The molecule has 0 radical (unpaired) electrons. The van der Waals surface area contributed by atoms with Gasteiger partial charge in [0.25, 0.3) is 0 Å². The molecule has 0 bridgehead atoms. The van der Waals surface area contributed by atoms with Gasteiger partial charge in [0.1, 0.15) is 5.82 Å². The van der Waals surface area contributed by atoms with Crippen molar-refractivity contribution in [3.8, 4) is 5.88 Å². The van der Waals surface area contributed by atoms with Crippen molar-refractivity contribution >= 4 is 5.97 Å². The van der Waals surface area contributed by atoms with Crippen LogP contribution in [-0.2, 0) is 4.79 Å². The van der Waals surface area contributed by atoms with E-state index in [1.54, 1.807) is 6.07 Å². The van der Waals surface area contributed by atoms with Gasteiger partial charge < -0.3 is 20.1 Å². The maximum atomic E-state index is 13.2. The molecule has 5 rings (SSSR count). The number of ether oxygens (including phenoxy) is 1. The van der Waals surface area contributed by atoms with E-state index in [0.717, 1.165) is 51.7 Å². The van der Waals surface area contributed by atoms with Crippen LogP contribution in [0.15, 0.2) is 48.7 Å². The topological polar surface area (TPSA) is 74.7 Å².